The zero-order valence-electron chi connectivity index (χ0n) is 7.38. The van der Waals surface area contributed by atoms with E-state index in [2.05, 4.69) is 20.9 Å². The summed E-state index contributed by atoms with van der Waals surface area (Å²) < 4.78 is 1.01. The summed E-state index contributed by atoms with van der Waals surface area (Å²) in [5.74, 6) is -0.311. The Bertz CT molecular complexity index is 490. The number of carbonyl (C=O) groups excluding carboxylic acids is 1. The van der Waals surface area contributed by atoms with Crippen LogP contribution in [-0.2, 0) is 11.2 Å². The maximum Gasteiger partial charge on any atom is 0.221 e. The minimum absolute atomic E-state index is 0.279. The number of amides is 1. The Morgan fingerprint density at radius 2 is 2.29 bits per heavy atom. The summed E-state index contributed by atoms with van der Waals surface area (Å²) in [5, 5.41) is 1.05. The van der Waals surface area contributed by atoms with E-state index < -0.39 is 0 Å². The second-order valence-corrected chi connectivity index (χ2v) is 4.06. The third-order valence-electron chi connectivity index (χ3n) is 2.09. The Labute approximate surface area is 89.4 Å². The second-order valence-electron chi connectivity index (χ2n) is 3.15. The van der Waals surface area contributed by atoms with Crippen LogP contribution in [0, 0.1) is 0 Å². The number of aromatic amines is 1. The van der Waals surface area contributed by atoms with E-state index in [1.165, 1.54) is 0 Å². The summed E-state index contributed by atoms with van der Waals surface area (Å²) in [5.41, 5.74) is 7.10. The molecule has 0 aliphatic carbocycles. The van der Waals surface area contributed by atoms with Gasteiger partial charge in [0.15, 0.2) is 0 Å². The molecule has 72 valence electrons. The molecular formula is C10H9BrN2O. The van der Waals surface area contributed by atoms with Gasteiger partial charge in [0.05, 0.1) is 6.42 Å². The van der Waals surface area contributed by atoms with Crippen LogP contribution >= 0.6 is 15.9 Å². The highest BCUT2D eigenvalue weighted by molar-refractivity contribution is 9.10. The number of fused-ring (bicyclic) bond motifs is 1. The molecule has 3 N–H and O–H groups in total. The fraction of sp³-hybridized carbons (Fsp3) is 0.100. The minimum Gasteiger partial charge on any atom is -0.369 e. The Hall–Kier alpha value is -1.29. The molecule has 0 fully saturated rings. The summed E-state index contributed by atoms with van der Waals surface area (Å²) in [4.78, 5) is 13.9. The SMILES string of the molecule is NC(=O)Cc1c[nH]c2cc(Br)ccc12. The average Bonchev–Trinajstić information content (AvgIpc) is 2.47. The minimum atomic E-state index is -0.311. The van der Waals surface area contributed by atoms with Crippen molar-refractivity contribution in [3.63, 3.8) is 0 Å². The molecule has 1 amide bonds. The summed E-state index contributed by atoms with van der Waals surface area (Å²) >= 11 is 3.38. The number of carbonyl (C=O) groups is 1. The van der Waals surface area contributed by atoms with E-state index in [4.69, 9.17) is 5.73 Å². The van der Waals surface area contributed by atoms with Gasteiger partial charge in [0.1, 0.15) is 0 Å². The van der Waals surface area contributed by atoms with Gasteiger partial charge < -0.3 is 10.7 Å². The Morgan fingerprint density at radius 1 is 1.50 bits per heavy atom. The number of H-pyrrole nitrogens is 1. The van der Waals surface area contributed by atoms with Crippen LogP contribution in [-0.4, -0.2) is 10.9 Å². The lowest BCUT2D eigenvalue weighted by molar-refractivity contribution is -0.117. The van der Waals surface area contributed by atoms with Gasteiger partial charge >= 0.3 is 0 Å². The molecule has 1 heterocycles. The van der Waals surface area contributed by atoms with Gasteiger partial charge in [0, 0.05) is 21.6 Å². The molecule has 0 bridgehead atoms. The normalized spacial score (nSPS) is 10.6. The van der Waals surface area contributed by atoms with Crippen LogP contribution in [0.4, 0.5) is 0 Å². The van der Waals surface area contributed by atoms with Crippen LogP contribution < -0.4 is 5.73 Å². The lowest BCUT2D eigenvalue weighted by Gasteiger charge is -1.95. The quantitative estimate of drug-likeness (QED) is 0.844. The molecule has 0 saturated heterocycles. The number of rotatable bonds is 2. The highest BCUT2D eigenvalue weighted by Crippen LogP contribution is 2.22. The van der Waals surface area contributed by atoms with Crippen LogP contribution in [0.2, 0.25) is 0 Å². The molecule has 1 aromatic heterocycles. The number of hydrogen-bond acceptors (Lipinski definition) is 1. The molecule has 4 heteroatoms. The number of hydrogen-bond donors (Lipinski definition) is 2. The molecule has 0 aliphatic rings. The predicted molar refractivity (Wildman–Crippen MR) is 58.9 cm³/mol. The van der Waals surface area contributed by atoms with Gasteiger partial charge in [-0.15, -0.1) is 0 Å². The molecule has 1 aromatic carbocycles. The molecule has 0 spiro atoms. The van der Waals surface area contributed by atoms with Crippen LogP contribution in [0.5, 0.6) is 0 Å². The van der Waals surface area contributed by atoms with Gasteiger partial charge in [-0.2, -0.15) is 0 Å². The molecule has 14 heavy (non-hydrogen) atoms. The van der Waals surface area contributed by atoms with Gasteiger partial charge in [0.25, 0.3) is 0 Å². The molecule has 0 aliphatic heterocycles. The van der Waals surface area contributed by atoms with Gasteiger partial charge in [-0.1, -0.05) is 22.0 Å². The fourth-order valence-corrected chi connectivity index (χ4v) is 1.85. The van der Waals surface area contributed by atoms with Crippen molar-refractivity contribution in [1.82, 2.24) is 4.98 Å². The van der Waals surface area contributed by atoms with Gasteiger partial charge in [-0.3, -0.25) is 4.79 Å². The lowest BCUT2D eigenvalue weighted by Crippen LogP contribution is -2.13. The standard InChI is InChI=1S/C10H9BrN2O/c11-7-1-2-8-6(3-10(12)14)5-13-9(8)4-7/h1-2,4-5,13H,3H2,(H2,12,14). The fourth-order valence-electron chi connectivity index (χ4n) is 1.49. The Balaban J connectivity index is 2.52. The van der Waals surface area contributed by atoms with Crippen molar-refractivity contribution < 1.29 is 4.79 Å². The van der Waals surface area contributed by atoms with Crippen LogP contribution in [0.15, 0.2) is 28.9 Å². The number of halogens is 1. The van der Waals surface area contributed by atoms with Crippen LogP contribution in [0.3, 0.4) is 0 Å². The van der Waals surface area contributed by atoms with Crippen LogP contribution in [0.25, 0.3) is 10.9 Å². The van der Waals surface area contributed by atoms with Gasteiger partial charge in [0.2, 0.25) is 5.91 Å². The molecule has 0 atom stereocenters. The monoisotopic (exact) mass is 252 g/mol. The smallest absolute Gasteiger partial charge is 0.221 e. The maximum absolute atomic E-state index is 10.8. The number of primary amides is 1. The van der Waals surface area contributed by atoms with E-state index in [1.54, 1.807) is 0 Å². The maximum atomic E-state index is 10.8. The van der Waals surface area contributed by atoms with Gasteiger partial charge in [-0.25, -0.2) is 0 Å². The zero-order chi connectivity index (χ0) is 10.1. The first-order valence-corrected chi connectivity index (χ1v) is 5.00. The van der Waals surface area contributed by atoms with Crippen molar-refractivity contribution in [3.8, 4) is 0 Å². The topological polar surface area (TPSA) is 58.9 Å². The first kappa shape index (κ1) is 9.27. The van der Waals surface area contributed by atoms with E-state index in [-0.39, 0.29) is 12.3 Å². The zero-order valence-corrected chi connectivity index (χ0v) is 8.97. The predicted octanol–water partition coefficient (Wildman–Crippen LogP) is 1.96. The second kappa shape index (κ2) is 3.46. The van der Waals surface area contributed by atoms with Crippen LogP contribution in [0.1, 0.15) is 5.56 Å². The van der Waals surface area contributed by atoms with E-state index in [0.29, 0.717) is 0 Å². The number of aromatic nitrogens is 1. The molecule has 0 radical (unpaired) electrons. The van der Waals surface area contributed by atoms with E-state index in [9.17, 15) is 4.79 Å². The van der Waals surface area contributed by atoms with Crippen molar-refractivity contribution in [1.29, 1.82) is 0 Å². The first-order chi connectivity index (χ1) is 6.66. The third kappa shape index (κ3) is 1.65. The number of benzene rings is 1. The van der Waals surface area contributed by atoms with Crippen molar-refractivity contribution in [2.45, 2.75) is 6.42 Å². The van der Waals surface area contributed by atoms with Gasteiger partial charge in [-0.05, 0) is 17.7 Å². The molecule has 0 unspecified atom stereocenters. The molecule has 0 saturated carbocycles. The lowest BCUT2D eigenvalue weighted by atomic mass is 10.1. The van der Waals surface area contributed by atoms with Crippen molar-refractivity contribution in [2.75, 3.05) is 0 Å². The molecular weight excluding hydrogens is 244 g/mol. The number of nitrogens with two attached hydrogens (primary N) is 1. The Kier molecular flexibility index (Phi) is 2.29. The highest BCUT2D eigenvalue weighted by Gasteiger charge is 2.05. The van der Waals surface area contributed by atoms with E-state index in [0.717, 1.165) is 20.9 Å². The highest BCUT2D eigenvalue weighted by atomic mass is 79.9. The first-order valence-electron chi connectivity index (χ1n) is 4.20. The van der Waals surface area contributed by atoms with E-state index >= 15 is 0 Å². The third-order valence-corrected chi connectivity index (χ3v) is 2.59. The Morgan fingerprint density at radius 3 is 3.00 bits per heavy atom. The molecule has 3 nitrogen and oxygen atoms in total. The summed E-state index contributed by atoms with van der Waals surface area (Å²) in [6.07, 6.45) is 2.10. The average molecular weight is 253 g/mol. The summed E-state index contributed by atoms with van der Waals surface area (Å²) in [6, 6.07) is 5.88. The number of nitrogens with one attached hydrogen (secondary N) is 1. The molecule has 2 aromatic rings. The van der Waals surface area contributed by atoms with Crippen molar-refractivity contribution in [3.05, 3.63) is 34.4 Å². The summed E-state index contributed by atoms with van der Waals surface area (Å²) in [6.45, 7) is 0. The largest absolute Gasteiger partial charge is 0.369 e. The van der Waals surface area contributed by atoms with Crippen molar-refractivity contribution in [2.24, 2.45) is 5.73 Å². The summed E-state index contributed by atoms with van der Waals surface area (Å²) in [7, 11) is 0. The van der Waals surface area contributed by atoms with E-state index in [1.807, 2.05) is 24.4 Å². The van der Waals surface area contributed by atoms with Crippen molar-refractivity contribution >= 4 is 32.7 Å². The molecule has 2 rings (SSSR count).